The second-order valence-electron chi connectivity index (χ2n) is 6.81. The highest BCUT2D eigenvalue weighted by molar-refractivity contribution is 5.83. The number of rotatable bonds is 2. The zero-order valence-electron chi connectivity index (χ0n) is 12.9. The second-order valence-corrected chi connectivity index (χ2v) is 6.81. The lowest BCUT2D eigenvalue weighted by atomic mass is 9.77. The average molecular weight is 267 g/mol. The molecule has 2 aliphatic rings. The van der Waals surface area contributed by atoms with Crippen molar-refractivity contribution in [2.45, 2.75) is 52.1 Å². The van der Waals surface area contributed by atoms with E-state index in [1.165, 1.54) is 6.42 Å². The van der Waals surface area contributed by atoms with Crippen LogP contribution in [-0.2, 0) is 4.79 Å². The van der Waals surface area contributed by atoms with Crippen LogP contribution in [0.5, 0.6) is 0 Å². The second kappa shape index (κ2) is 5.80. The molecule has 110 valence electrons. The number of likely N-dealkylation sites (N-methyl/N-ethyl adjacent to an activating group) is 1. The summed E-state index contributed by atoms with van der Waals surface area (Å²) in [5.74, 6) is 0.316. The first-order chi connectivity index (χ1) is 8.95. The molecule has 1 amide bonds. The van der Waals surface area contributed by atoms with Crippen molar-refractivity contribution in [3.8, 4) is 0 Å². The first-order valence-electron chi connectivity index (χ1n) is 7.68. The van der Waals surface area contributed by atoms with E-state index in [4.69, 9.17) is 0 Å². The summed E-state index contributed by atoms with van der Waals surface area (Å²) in [5, 5.41) is 3.45. The van der Waals surface area contributed by atoms with Crippen molar-refractivity contribution in [1.82, 2.24) is 15.1 Å². The van der Waals surface area contributed by atoms with Crippen molar-refractivity contribution in [3.05, 3.63) is 0 Å². The van der Waals surface area contributed by atoms with Crippen molar-refractivity contribution >= 4 is 5.91 Å². The minimum atomic E-state index is 0.00200. The lowest BCUT2D eigenvalue weighted by molar-refractivity contribution is -0.140. The Kier molecular flexibility index (Phi) is 4.51. The molecule has 4 nitrogen and oxygen atoms in total. The minimum absolute atomic E-state index is 0.00200. The Hall–Kier alpha value is -0.610. The lowest BCUT2D eigenvalue weighted by Gasteiger charge is -2.44. The number of nitrogens with zero attached hydrogens (tertiary/aromatic N) is 2. The van der Waals surface area contributed by atoms with Crippen LogP contribution >= 0.6 is 0 Å². The summed E-state index contributed by atoms with van der Waals surface area (Å²) >= 11 is 0. The van der Waals surface area contributed by atoms with E-state index in [0.29, 0.717) is 11.9 Å². The molecule has 0 aliphatic carbocycles. The Morgan fingerprint density at radius 1 is 1.37 bits per heavy atom. The third-order valence-electron chi connectivity index (χ3n) is 4.93. The van der Waals surface area contributed by atoms with Gasteiger partial charge in [0.25, 0.3) is 0 Å². The maximum absolute atomic E-state index is 12.8. The van der Waals surface area contributed by atoms with Gasteiger partial charge in [0.05, 0.1) is 6.04 Å². The fourth-order valence-electron chi connectivity index (χ4n) is 3.40. The lowest BCUT2D eigenvalue weighted by Crippen LogP contribution is -2.61. The van der Waals surface area contributed by atoms with Crippen molar-refractivity contribution in [2.24, 2.45) is 5.41 Å². The number of amides is 1. The summed E-state index contributed by atoms with van der Waals surface area (Å²) < 4.78 is 0. The van der Waals surface area contributed by atoms with Gasteiger partial charge < -0.3 is 10.2 Å². The highest BCUT2D eigenvalue weighted by Crippen LogP contribution is 2.31. The molecule has 2 unspecified atom stereocenters. The molecule has 0 aromatic rings. The molecule has 0 aromatic carbocycles. The Morgan fingerprint density at radius 2 is 2.11 bits per heavy atom. The molecule has 0 aromatic heterocycles. The normalized spacial score (nSPS) is 32.3. The van der Waals surface area contributed by atoms with Crippen molar-refractivity contribution < 1.29 is 4.79 Å². The molecule has 19 heavy (non-hydrogen) atoms. The van der Waals surface area contributed by atoms with E-state index in [2.05, 4.69) is 42.9 Å². The van der Waals surface area contributed by atoms with E-state index >= 15 is 0 Å². The summed E-state index contributed by atoms with van der Waals surface area (Å²) in [6.07, 6.45) is 3.43. The summed E-state index contributed by atoms with van der Waals surface area (Å²) in [4.78, 5) is 17.2. The predicted octanol–water partition coefficient (Wildman–Crippen LogP) is 1.32. The van der Waals surface area contributed by atoms with Gasteiger partial charge in [-0.25, -0.2) is 0 Å². The van der Waals surface area contributed by atoms with E-state index in [1.807, 2.05) is 0 Å². The number of carbonyl (C=O) groups excluding carboxylic acids is 1. The molecule has 2 rings (SSSR count). The third kappa shape index (κ3) is 3.11. The Morgan fingerprint density at radius 3 is 2.74 bits per heavy atom. The molecule has 2 fully saturated rings. The molecule has 4 heteroatoms. The van der Waals surface area contributed by atoms with Crippen LogP contribution in [0, 0.1) is 5.41 Å². The highest BCUT2D eigenvalue weighted by Gasteiger charge is 2.40. The standard InChI is InChI=1S/C15H29N3O/c1-5-12-11-18(10-9-17(12)4)14(19)13-15(2,3)7-6-8-16-13/h12-13,16H,5-11H2,1-4H3. The SMILES string of the molecule is CCC1CN(C(=O)C2NCCCC2(C)C)CCN1C. The van der Waals surface area contributed by atoms with E-state index in [1.54, 1.807) is 0 Å². The van der Waals surface area contributed by atoms with Gasteiger partial charge in [0.1, 0.15) is 0 Å². The molecule has 2 saturated heterocycles. The van der Waals surface area contributed by atoms with Gasteiger partial charge in [0.2, 0.25) is 5.91 Å². The van der Waals surface area contributed by atoms with E-state index in [-0.39, 0.29) is 11.5 Å². The van der Waals surface area contributed by atoms with Crippen LogP contribution in [0.2, 0.25) is 0 Å². The molecule has 0 bridgehead atoms. The van der Waals surface area contributed by atoms with Gasteiger partial charge >= 0.3 is 0 Å². The maximum Gasteiger partial charge on any atom is 0.240 e. The molecule has 2 atom stereocenters. The monoisotopic (exact) mass is 267 g/mol. The molecule has 2 aliphatic heterocycles. The van der Waals surface area contributed by atoms with Gasteiger partial charge in [0.15, 0.2) is 0 Å². The van der Waals surface area contributed by atoms with Gasteiger partial charge in [-0.1, -0.05) is 20.8 Å². The first kappa shape index (κ1) is 14.8. The fourth-order valence-corrected chi connectivity index (χ4v) is 3.40. The smallest absolute Gasteiger partial charge is 0.240 e. The summed E-state index contributed by atoms with van der Waals surface area (Å²) in [6, 6.07) is 0.520. The fraction of sp³-hybridized carbons (Fsp3) is 0.933. The van der Waals surface area contributed by atoms with Gasteiger partial charge in [-0.05, 0) is 38.3 Å². The Bertz CT molecular complexity index is 329. The molecule has 2 heterocycles. The van der Waals surface area contributed by atoms with Crippen LogP contribution < -0.4 is 5.32 Å². The van der Waals surface area contributed by atoms with Crippen LogP contribution in [-0.4, -0.2) is 61.0 Å². The van der Waals surface area contributed by atoms with Crippen LogP contribution in [0.15, 0.2) is 0 Å². The molecular formula is C15H29N3O. The summed E-state index contributed by atoms with van der Waals surface area (Å²) in [5.41, 5.74) is 0.0837. The van der Waals surface area contributed by atoms with Crippen LogP contribution in [0.1, 0.15) is 40.0 Å². The topological polar surface area (TPSA) is 35.6 Å². The number of piperidine rings is 1. The zero-order valence-corrected chi connectivity index (χ0v) is 12.9. The van der Waals surface area contributed by atoms with Gasteiger partial charge in [-0.3, -0.25) is 9.69 Å². The van der Waals surface area contributed by atoms with E-state index in [9.17, 15) is 4.79 Å². The number of hydrogen-bond acceptors (Lipinski definition) is 3. The number of nitrogens with one attached hydrogen (secondary N) is 1. The van der Waals surface area contributed by atoms with Gasteiger partial charge in [0, 0.05) is 25.7 Å². The minimum Gasteiger partial charge on any atom is -0.338 e. The van der Waals surface area contributed by atoms with Gasteiger partial charge in [-0.15, -0.1) is 0 Å². The summed E-state index contributed by atoms with van der Waals surface area (Å²) in [7, 11) is 2.17. The third-order valence-corrected chi connectivity index (χ3v) is 4.93. The average Bonchev–Trinajstić information content (AvgIpc) is 2.38. The maximum atomic E-state index is 12.8. The zero-order chi connectivity index (χ0) is 14.0. The number of hydrogen-bond donors (Lipinski definition) is 1. The molecule has 0 radical (unpaired) electrons. The highest BCUT2D eigenvalue weighted by atomic mass is 16.2. The molecule has 0 spiro atoms. The van der Waals surface area contributed by atoms with Crippen LogP contribution in [0.4, 0.5) is 0 Å². The van der Waals surface area contributed by atoms with Crippen molar-refractivity contribution in [3.63, 3.8) is 0 Å². The number of carbonyl (C=O) groups is 1. The summed E-state index contributed by atoms with van der Waals surface area (Å²) in [6.45, 7) is 10.4. The largest absolute Gasteiger partial charge is 0.338 e. The quantitative estimate of drug-likeness (QED) is 0.819. The van der Waals surface area contributed by atoms with Gasteiger partial charge in [-0.2, -0.15) is 0 Å². The van der Waals surface area contributed by atoms with Crippen molar-refractivity contribution in [2.75, 3.05) is 33.2 Å². The Labute approximate surface area is 117 Å². The first-order valence-corrected chi connectivity index (χ1v) is 7.68. The van der Waals surface area contributed by atoms with Crippen LogP contribution in [0.3, 0.4) is 0 Å². The predicted molar refractivity (Wildman–Crippen MR) is 78.1 cm³/mol. The molecule has 1 N–H and O–H groups in total. The van der Waals surface area contributed by atoms with E-state index < -0.39 is 0 Å². The Balaban J connectivity index is 2.03. The van der Waals surface area contributed by atoms with E-state index in [0.717, 1.165) is 39.0 Å². The molecular weight excluding hydrogens is 238 g/mol. The number of piperazine rings is 1. The van der Waals surface area contributed by atoms with Crippen LogP contribution in [0.25, 0.3) is 0 Å². The molecule has 0 saturated carbocycles. The van der Waals surface area contributed by atoms with Crippen molar-refractivity contribution in [1.29, 1.82) is 0 Å².